The van der Waals surface area contributed by atoms with E-state index in [1.54, 1.807) is 0 Å². The summed E-state index contributed by atoms with van der Waals surface area (Å²) in [5.41, 5.74) is -0.671. The van der Waals surface area contributed by atoms with Gasteiger partial charge in [0.25, 0.3) is 0 Å². The van der Waals surface area contributed by atoms with Crippen molar-refractivity contribution in [2.24, 2.45) is 5.41 Å². The third kappa shape index (κ3) is 4.73. The molecule has 0 aromatic heterocycles. The molecule has 1 fully saturated rings. The fourth-order valence-electron chi connectivity index (χ4n) is 2.28. The van der Waals surface area contributed by atoms with E-state index in [2.05, 4.69) is 17.4 Å². The minimum atomic E-state index is -5.44. The van der Waals surface area contributed by atoms with Crippen LogP contribution in [-0.4, -0.2) is 30.8 Å². The van der Waals surface area contributed by atoms with Crippen molar-refractivity contribution in [3.05, 3.63) is 0 Å². The fraction of sp³-hybridized carbons (Fsp3) is 1.00. The Bertz CT molecular complexity index is 268. The number of thiol groups is 1. The molecule has 19 heavy (non-hydrogen) atoms. The molecule has 8 heteroatoms. The smallest absolute Gasteiger partial charge is 0.360 e. The lowest BCUT2D eigenvalue weighted by atomic mass is 9.76. The van der Waals surface area contributed by atoms with Gasteiger partial charge >= 0.3 is 12.4 Å². The molecule has 0 atom stereocenters. The first-order chi connectivity index (χ1) is 8.61. The van der Waals surface area contributed by atoms with Crippen molar-refractivity contribution in [3.8, 4) is 0 Å². The van der Waals surface area contributed by atoms with Gasteiger partial charge in [-0.3, -0.25) is 0 Å². The number of rotatable bonds is 4. The van der Waals surface area contributed by atoms with Crippen LogP contribution in [0, 0.1) is 5.41 Å². The summed E-state index contributed by atoms with van der Waals surface area (Å²) < 4.78 is 78.2. The zero-order valence-corrected chi connectivity index (χ0v) is 11.0. The van der Waals surface area contributed by atoms with Crippen LogP contribution in [0.5, 0.6) is 0 Å². The Labute approximate surface area is 113 Å². The van der Waals surface area contributed by atoms with Gasteiger partial charge in [0.15, 0.2) is 0 Å². The summed E-state index contributed by atoms with van der Waals surface area (Å²) in [6.45, 7) is -0.555. The van der Waals surface area contributed by atoms with Crippen LogP contribution in [0.25, 0.3) is 0 Å². The number of halogens is 6. The highest BCUT2D eigenvalue weighted by atomic mass is 32.1. The molecule has 1 aliphatic rings. The van der Waals surface area contributed by atoms with Crippen molar-refractivity contribution in [2.75, 3.05) is 12.4 Å². The van der Waals surface area contributed by atoms with Gasteiger partial charge in [-0.05, 0) is 18.6 Å². The zero-order valence-electron chi connectivity index (χ0n) is 10.2. The molecule has 1 saturated carbocycles. The average Bonchev–Trinajstić information content (AvgIpc) is 2.27. The highest BCUT2D eigenvalue weighted by Gasteiger charge is 2.58. The largest absolute Gasteiger partial charge is 0.423 e. The van der Waals surface area contributed by atoms with Crippen LogP contribution in [0.15, 0.2) is 0 Å². The number of alkyl halides is 6. The molecule has 1 aliphatic carbocycles. The molecule has 0 aliphatic heterocycles. The maximum atomic E-state index is 12.3. The molecule has 0 unspecified atom stereocenters. The topological polar surface area (TPSA) is 9.23 Å². The summed E-state index contributed by atoms with van der Waals surface area (Å²) in [7, 11) is 0. The lowest BCUT2D eigenvalue weighted by molar-refractivity contribution is -0.326. The Hall–Kier alpha value is -0.110. The second kappa shape index (κ2) is 6.11. The lowest BCUT2D eigenvalue weighted by Crippen LogP contribution is -2.47. The molecule has 0 saturated heterocycles. The molecular weight excluding hydrogens is 294 g/mol. The normalized spacial score (nSPS) is 20.8. The monoisotopic (exact) mass is 310 g/mol. The van der Waals surface area contributed by atoms with Crippen LogP contribution in [0.1, 0.15) is 32.1 Å². The van der Waals surface area contributed by atoms with E-state index in [4.69, 9.17) is 0 Å². The van der Waals surface area contributed by atoms with Gasteiger partial charge in [0, 0.05) is 5.41 Å². The molecule has 0 N–H and O–H groups in total. The van der Waals surface area contributed by atoms with Crippen molar-refractivity contribution in [1.82, 2.24) is 0 Å². The van der Waals surface area contributed by atoms with Crippen LogP contribution in [0.2, 0.25) is 0 Å². The van der Waals surface area contributed by atoms with Gasteiger partial charge in [-0.25, -0.2) is 0 Å². The Morgan fingerprint density at radius 3 is 1.79 bits per heavy atom. The summed E-state index contributed by atoms with van der Waals surface area (Å²) in [5, 5.41) is 0. The second-order valence-corrected chi connectivity index (χ2v) is 5.31. The molecule has 114 valence electrons. The summed E-state index contributed by atoms with van der Waals surface area (Å²) in [4.78, 5) is 0. The van der Waals surface area contributed by atoms with Crippen molar-refractivity contribution < 1.29 is 31.1 Å². The molecule has 0 amide bonds. The predicted molar refractivity (Wildman–Crippen MR) is 61.2 cm³/mol. The van der Waals surface area contributed by atoms with E-state index in [-0.39, 0.29) is 5.75 Å². The van der Waals surface area contributed by atoms with Crippen molar-refractivity contribution >= 4 is 12.6 Å². The first-order valence-corrected chi connectivity index (χ1v) is 6.60. The molecular formula is C11H16F6OS. The molecule has 1 rings (SSSR count). The SMILES string of the molecule is FC(F)(F)C(OCC1(CS)CCCCC1)C(F)(F)F. The maximum Gasteiger partial charge on any atom is 0.423 e. The zero-order chi connectivity index (χ0) is 14.7. The Morgan fingerprint density at radius 1 is 0.947 bits per heavy atom. The molecule has 0 aromatic carbocycles. The van der Waals surface area contributed by atoms with Crippen molar-refractivity contribution in [3.63, 3.8) is 0 Å². The van der Waals surface area contributed by atoms with E-state index in [0.29, 0.717) is 12.8 Å². The second-order valence-electron chi connectivity index (χ2n) is 4.99. The minimum Gasteiger partial charge on any atom is -0.360 e. The van der Waals surface area contributed by atoms with Crippen molar-refractivity contribution in [2.45, 2.75) is 50.6 Å². The summed E-state index contributed by atoms with van der Waals surface area (Å²) >= 11 is 4.05. The van der Waals surface area contributed by atoms with Crippen LogP contribution >= 0.6 is 12.6 Å². The third-order valence-corrected chi connectivity index (χ3v) is 4.07. The summed E-state index contributed by atoms with van der Waals surface area (Å²) in [5.74, 6) is 0.232. The number of hydrogen-bond acceptors (Lipinski definition) is 2. The van der Waals surface area contributed by atoms with E-state index >= 15 is 0 Å². The first kappa shape index (κ1) is 16.9. The van der Waals surface area contributed by atoms with E-state index < -0.39 is 30.5 Å². The molecule has 0 heterocycles. The number of hydrogen-bond donors (Lipinski definition) is 1. The summed E-state index contributed by atoms with van der Waals surface area (Å²) in [6.07, 6.45) is -11.0. The van der Waals surface area contributed by atoms with E-state index in [1.807, 2.05) is 0 Å². The van der Waals surface area contributed by atoms with E-state index in [9.17, 15) is 26.3 Å². The standard InChI is InChI=1S/C11H16F6OS/c12-10(13,14)8(11(15,16)17)18-6-9(7-19)4-2-1-3-5-9/h8,19H,1-7H2. The maximum absolute atomic E-state index is 12.3. The van der Waals surface area contributed by atoms with Gasteiger partial charge in [-0.2, -0.15) is 39.0 Å². The average molecular weight is 310 g/mol. The third-order valence-electron chi connectivity index (χ3n) is 3.40. The van der Waals surface area contributed by atoms with Gasteiger partial charge in [-0.1, -0.05) is 19.3 Å². The molecule has 0 aromatic rings. The Morgan fingerprint density at radius 2 is 1.42 bits per heavy atom. The van der Waals surface area contributed by atoms with Gasteiger partial charge < -0.3 is 4.74 Å². The van der Waals surface area contributed by atoms with Gasteiger partial charge in [-0.15, -0.1) is 0 Å². The van der Waals surface area contributed by atoms with Gasteiger partial charge in [0.1, 0.15) is 0 Å². The van der Waals surface area contributed by atoms with E-state index in [0.717, 1.165) is 19.3 Å². The highest BCUT2D eigenvalue weighted by Crippen LogP contribution is 2.41. The van der Waals surface area contributed by atoms with E-state index in [1.165, 1.54) is 0 Å². The first-order valence-electron chi connectivity index (χ1n) is 5.97. The summed E-state index contributed by atoms with van der Waals surface area (Å²) in [6, 6.07) is 0. The van der Waals surface area contributed by atoms with Crippen LogP contribution in [0.4, 0.5) is 26.3 Å². The van der Waals surface area contributed by atoms with Gasteiger partial charge in [0.2, 0.25) is 6.10 Å². The molecule has 0 spiro atoms. The van der Waals surface area contributed by atoms with Crippen molar-refractivity contribution in [1.29, 1.82) is 0 Å². The van der Waals surface area contributed by atoms with Crippen LogP contribution < -0.4 is 0 Å². The van der Waals surface area contributed by atoms with Crippen LogP contribution in [0.3, 0.4) is 0 Å². The highest BCUT2D eigenvalue weighted by molar-refractivity contribution is 7.80. The molecule has 0 radical (unpaired) electrons. The molecule has 1 nitrogen and oxygen atoms in total. The minimum absolute atomic E-state index is 0.232. The fourth-order valence-corrected chi connectivity index (χ4v) is 2.69. The predicted octanol–water partition coefficient (Wildman–Crippen LogP) is 4.38. The number of ether oxygens (including phenoxy) is 1. The van der Waals surface area contributed by atoms with Gasteiger partial charge in [0.05, 0.1) is 6.61 Å². The Balaban J connectivity index is 2.70. The quantitative estimate of drug-likeness (QED) is 0.599. The lowest BCUT2D eigenvalue weighted by Gasteiger charge is -2.37. The van der Waals surface area contributed by atoms with Crippen LogP contribution in [-0.2, 0) is 4.74 Å². The Kier molecular flexibility index (Phi) is 5.45. The molecule has 0 bridgehead atoms.